The number of alkyl halides is 2. The van der Waals surface area contributed by atoms with Crippen LogP contribution in [0.2, 0.25) is 0 Å². The second-order valence-electron chi connectivity index (χ2n) is 4.62. The molecule has 1 aliphatic heterocycles. The number of amides is 2. The fourth-order valence-corrected chi connectivity index (χ4v) is 5.47. The third-order valence-electron chi connectivity index (χ3n) is 3.49. The van der Waals surface area contributed by atoms with Crippen LogP contribution < -0.4 is 0 Å². The van der Waals surface area contributed by atoms with Gasteiger partial charge in [0.2, 0.25) is 0 Å². The zero-order valence-corrected chi connectivity index (χ0v) is 14.7. The highest BCUT2D eigenvalue weighted by molar-refractivity contribution is 8.33. The molecule has 0 saturated carbocycles. The van der Waals surface area contributed by atoms with Gasteiger partial charge in [-0.1, -0.05) is 12.1 Å². The fraction of sp³-hybridized carbons (Fsp3) is 0.429. The van der Waals surface area contributed by atoms with Crippen molar-refractivity contribution in [2.45, 2.75) is 9.33 Å². The normalized spacial score (nSPS) is 15.4. The van der Waals surface area contributed by atoms with Gasteiger partial charge in [-0.25, -0.2) is 8.78 Å². The lowest BCUT2D eigenvalue weighted by atomic mass is 10.1. The van der Waals surface area contributed by atoms with Gasteiger partial charge in [0.05, 0.1) is 17.7 Å². The highest BCUT2D eigenvalue weighted by Gasteiger charge is 2.56. The molecule has 0 unspecified atom stereocenters. The van der Waals surface area contributed by atoms with Crippen LogP contribution in [0.25, 0.3) is 0 Å². The second-order valence-corrected chi connectivity index (χ2v) is 8.45. The summed E-state index contributed by atoms with van der Waals surface area (Å²) >= 11 is 3.06. The summed E-state index contributed by atoms with van der Waals surface area (Å²) in [7, 11) is 0. The summed E-state index contributed by atoms with van der Waals surface area (Å²) in [6.07, 6.45) is 4.80. The molecule has 0 aliphatic carbocycles. The van der Waals surface area contributed by atoms with Crippen molar-refractivity contribution in [3.8, 4) is 0 Å². The maximum atomic E-state index is 14.8. The Kier molecular flexibility index (Phi) is 5.13. The largest absolute Gasteiger partial charge is 0.298 e. The quantitative estimate of drug-likeness (QED) is 0.570. The van der Waals surface area contributed by atoms with E-state index in [1.165, 1.54) is 12.1 Å². The van der Waals surface area contributed by atoms with Crippen molar-refractivity contribution in [3.05, 3.63) is 35.4 Å². The first-order valence-electron chi connectivity index (χ1n) is 6.32. The van der Waals surface area contributed by atoms with E-state index in [-0.39, 0.29) is 11.1 Å². The van der Waals surface area contributed by atoms with E-state index in [9.17, 15) is 18.4 Å². The monoisotopic (exact) mass is 363 g/mol. The number of hydrogen-bond donors (Lipinski definition) is 0. The molecular weight excluding hydrogens is 348 g/mol. The summed E-state index contributed by atoms with van der Waals surface area (Å²) in [5, 5.41) is 0. The molecule has 8 heteroatoms. The summed E-state index contributed by atoms with van der Waals surface area (Å²) in [6, 6.07) is 6.20. The van der Waals surface area contributed by atoms with Gasteiger partial charge in [-0.05, 0) is 30.9 Å². The standard InChI is InChI=1S/C14H15F2NO2S3/c1-20-14(21-2,22-3)13(15,16)8-17-11(18)9-6-4-5-7-10(9)12(17)19/h4-7H,8H2,1-3H3. The molecule has 0 spiro atoms. The molecular formula is C14H15F2NO2S3. The van der Waals surface area contributed by atoms with Crippen LogP contribution in [0.5, 0.6) is 0 Å². The average molecular weight is 363 g/mol. The number of fused-ring (bicyclic) bond motifs is 1. The van der Waals surface area contributed by atoms with Gasteiger partial charge in [0.15, 0.2) is 3.41 Å². The van der Waals surface area contributed by atoms with Crippen LogP contribution in [0.3, 0.4) is 0 Å². The molecule has 0 aromatic heterocycles. The van der Waals surface area contributed by atoms with Crippen LogP contribution in [-0.4, -0.2) is 51.4 Å². The van der Waals surface area contributed by atoms with Crippen molar-refractivity contribution in [3.63, 3.8) is 0 Å². The van der Waals surface area contributed by atoms with Crippen molar-refractivity contribution in [2.75, 3.05) is 25.3 Å². The number of imide groups is 1. The molecule has 2 amide bonds. The van der Waals surface area contributed by atoms with Gasteiger partial charge in [-0.15, -0.1) is 35.3 Å². The Balaban J connectivity index is 2.32. The molecule has 0 N–H and O–H groups in total. The van der Waals surface area contributed by atoms with Crippen LogP contribution in [0, 0.1) is 0 Å². The van der Waals surface area contributed by atoms with Gasteiger partial charge in [0.1, 0.15) is 0 Å². The molecule has 3 nitrogen and oxygen atoms in total. The predicted molar refractivity (Wildman–Crippen MR) is 90.0 cm³/mol. The molecule has 2 rings (SSSR count). The van der Waals surface area contributed by atoms with Gasteiger partial charge < -0.3 is 0 Å². The molecule has 1 heterocycles. The lowest BCUT2D eigenvalue weighted by molar-refractivity contribution is -0.0144. The zero-order chi connectivity index (χ0) is 16.5. The average Bonchev–Trinajstić information content (AvgIpc) is 2.75. The van der Waals surface area contributed by atoms with Crippen molar-refractivity contribution >= 4 is 47.1 Å². The Morgan fingerprint density at radius 1 is 0.955 bits per heavy atom. The summed E-state index contributed by atoms with van der Waals surface area (Å²) in [5.74, 6) is -4.53. The molecule has 22 heavy (non-hydrogen) atoms. The smallest absolute Gasteiger partial charge is 0.269 e. The molecule has 1 aromatic rings. The summed E-state index contributed by atoms with van der Waals surface area (Å²) < 4.78 is 28.1. The summed E-state index contributed by atoms with van der Waals surface area (Å²) in [4.78, 5) is 25.1. The van der Waals surface area contributed by atoms with Gasteiger partial charge >= 0.3 is 0 Å². The fourth-order valence-electron chi connectivity index (χ4n) is 2.38. The van der Waals surface area contributed by atoms with Crippen molar-refractivity contribution in [2.24, 2.45) is 0 Å². The molecule has 0 saturated heterocycles. The molecule has 0 fully saturated rings. The molecule has 120 valence electrons. The van der Waals surface area contributed by atoms with Crippen LogP contribution in [0.4, 0.5) is 8.78 Å². The molecule has 0 bridgehead atoms. The third kappa shape index (κ3) is 2.65. The van der Waals surface area contributed by atoms with Crippen molar-refractivity contribution < 1.29 is 18.4 Å². The number of nitrogens with zero attached hydrogens (tertiary/aromatic N) is 1. The van der Waals surface area contributed by atoms with E-state index in [1.807, 2.05) is 0 Å². The first kappa shape index (κ1) is 17.6. The van der Waals surface area contributed by atoms with Gasteiger partial charge in [-0.3, -0.25) is 14.5 Å². The van der Waals surface area contributed by atoms with Crippen LogP contribution in [0.15, 0.2) is 24.3 Å². The van der Waals surface area contributed by atoms with Crippen LogP contribution in [0.1, 0.15) is 20.7 Å². The first-order chi connectivity index (χ1) is 10.3. The number of carbonyl (C=O) groups is 2. The molecule has 1 aliphatic rings. The Morgan fingerprint density at radius 2 is 1.36 bits per heavy atom. The Bertz CT molecular complexity index is 562. The van der Waals surface area contributed by atoms with Gasteiger partial charge in [0.25, 0.3) is 17.7 Å². The number of carbonyl (C=O) groups excluding carboxylic acids is 2. The van der Waals surface area contributed by atoms with E-state index < -0.39 is 27.7 Å². The van der Waals surface area contributed by atoms with E-state index in [1.54, 1.807) is 30.9 Å². The number of thioether (sulfide) groups is 3. The molecule has 0 atom stereocenters. The Labute approximate surface area is 140 Å². The van der Waals surface area contributed by atoms with Crippen LogP contribution >= 0.6 is 35.3 Å². The number of rotatable bonds is 6. The molecule has 1 aromatic carbocycles. The topological polar surface area (TPSA) is 37.4 Å². The highest BCUT2D eigenvalue weighted by atomic mass is 32.3. The van der Waals surface area contributed by atoms with E-state index in [4.69, 9.17) is 0 Å². The maximum absolute atomic E-state index is 14.8. The second kappa shape index (κ2) is 6.41. The van der Waals surface area contributed by atoms with E-state index in [0.29, 0.717) is 4.90 Å². The SMILES string of the molecule is CSC(SC)(SC)C(F)(F)CN1C(=O)c2ccccc2C1=O. The summed E-state index contributed by atoms with van der Waals surface area (Å²) in [5.41, 5.74) is 0.373. The van der Waals surface area contributed by atoms with E-state index >= 15 is 0 Å². The number of halogens is 2. The van der Waals surface area contributed by atoms with E-state index in [0.717, 1.165) is 35.3 Å². The first-order valence-corrected chi connectivity index (χ1v) is 9.99. The van der Waals surface area contributed by atoms with Gasteiger partial charge in [-0.2, -0.15) is 0 Å². The summed E-state index contributed by atoms with van der Waals surface area (Å²) in [6.45, 7) is -0.915. The minimum Gasteiger partial charge on any atom is -0.269 e. The zero-order valence-electron chi connectivity index (χ0n) is 12.3. The minimum absolute atomic E-state index is 0.186. The van der Waals surface area contributed by atoms with Crippen molar-refractivity contribution in [1.82, 2.24) is 4.90 Å². The van der Waals surface area contributed by atoms with E-state index in [2.05, 4.69) is 0 Å². The lowest BCUT2D eigenvalue weighted by Gasteiger charge is -2.37. The predicted octanol–water partition coefficient (Wildman–Crippen LogP) is 3.66. The number of benzene rings is 1. The van der Waals surface area contributed by atoms with Crippen molar-refractivity contribution in [1.29, 1.82) is 0 Å². The molecule has 0 radical (unpaired) electrons. The van der Waals surface area contributed by atoms with Gasteiger partial charge in [0, 0.05) is 0 Å². The number of hydrogen-bond acceptors (Lipinski definition) is 5. The van der Waals surface area contributed by atoms with Crippen LogP contribution in [-0.2, 0) is 0 Å². The Morgan fingerprint density at radius 3 is 1.73 bits per heavy atom. The lowest BCUT2D eigenvalue weighted by Crippen LogP contribution is -2.50. The highest BCUT2D eigenvalue weighted by Crippen LogP contribution is 2.54. The Hall–Kier alpha value is -0.730. The minimum atomic E-state index is -3.22. The maximum Gasteiger partial charge on any atom is 0.298 e. The third-order valence-corrected chi connectivity index (χ3v) is 9.00.